The average Bonchev–Trinajstić information content (AvgIpc) is 3.18. The number of guanidine groups is 1. The van der Waals surface area contributed by atoms with Gasteiger partial charge in [0.05, 0.1) is 0 Å². The number of hydrogen-bond donors (Lipinski definition) is 2. The van der Waals surface area contributed by atoms with Gasteiger partial charge >= 0.3 is 0 Å². The maximum absolute atomic E-state index is 12.6. The Balaban J connectivity index is 1.37. The van der Waals surface area contributed by atoms with E-state index in [1.54, 1.807) is 7.05 Å². The average molecular weight is 400 g/mol. The van der Waals surface area contributed by atoms with E-state index in [1.807, 2.05) is 23.1 Å². The zero-order valence-electron chi connectivity index (χ0n) is 18.3. The van der Waals surface area contributed by atoms with Crippen LogP contribution in [0.1, 0.15) is 51.5 Å². The summed E-state index contributed by atoms with van der Waals surface area (Å²) < 4.78 is 0. The van der Waals surface area contributed by atoms with Crippen LogP contribution in [0.4, 0.5) is 5.69 Å². The second-order valence-corrected chi connectivity index (χ2v) is 8.74. The van der Waals surface area contributed by atoms with Crippen molar-refractivity contribution in [3.05, 3.63) is 29.8 Å². The van der Waals surface area contributed by atoms with Crippen molar-refractivity contribution in [1.82, 2.24) is 15.5 Å². The number of nitrogens with one attached hydrogen (secondary N) is 2. The van der Waals surface area contributed by atoms with E-state index < -0.39 is 0 Å². The maximum atomic E-state index is 12.6. The van der Waals surface area contributed by atoms with Gasteiger partial charge in [-0.25, -0.2) is 0 Å². The minimum Gasteiger partial charge on any atom is -0.356 e. The van der Waals surface area contributed by atoms with Crippen molar-refractivity contribution in [1.29, 1.82) is 0 Å². The van der Waals surface area contributed by atoms with Gasteiger partial charge in [-0.1, -0.05) is 24.6 Å². The van der Waals surface area contributed by atoms with Gasteiger partial charge in [-0.3, -0.25) is 14.7 Å². The minimum atomic E-state index is 0.108. The molecule has 160 valence electrons. The number of aliphatic imine (C=N–C) groups is 1. The second-order valence-electron chi connectivity index (χ2n) is 8.74. The molecule has 6 heteroatoms. The van der Waals surface area contributed by atoms with Crippen LogP contribution < -0.4 is 15.5 Å². The lowest BCUT2D eigenvalue weighted by atomic mass is 9.98. The van der Waals surface area contributed by atoms with E-state index in [2.05, 4.69) is 40.4 Å². The maximum Gasteiger partial charge on any atom is 0.227 e. The molecule has 0 aromatic heterocycles. The summed E-state index contributed by atoms with van der Waals surface area (Å²) in [7, 11) is 1.80. The Morgan fingerprint density at radius 2 is 1.86 bits per heavy atom. The fourth-order valence-corrected chi connectivity index (χ4v) is 4.31. The van der Waals surface area contributed by atoms with E-state index >= 15 is 0 Å². The van der Waals surface area contributed by atoms with Crippen molar-refractivity contribution < 1.29 is 4.79 Å². The Hall–Kier alpha value is -2.08. The zero-order valence-corrected chi connectivity index (χ0v) is 18.3. The highest BCUT2D eigenvalue weighted by atomic mass is 16.2. The number of carbonyl (C=O) groups excluding carboxylic acids is 1. The standard InChI is InChI=1S/C23H37N5O/c1-23(2,27-15-7-4-8-16-27)18-26-22(24-3)25-14-9-12-21(29)28-17-13-19-10-5-6-11-20(19)28/h5-6,10-11H,4,7-9,12-18H2,1-3H3,(H2,24,25,26). The summed E-state index contributed by atoms with van der Waals surface area (Å²) in [5, 5.41) is 6.82. The van der Waals surface area contributed by atoms with Gasteiger partial charge in [0.2, 0.25) is 5.91 Å². The molecular formula is C23H37N5O. The molecule has 1 aromatic carbocycles. The molecule has 1 aromatic rings. The van der Waals surface area contributed by atoms with Gasteiger partial charge in [0.15, 0.2) is 5.96 Å². The summed E-state index contributed by atoms with van der Waals surface area (Å²) >= 11 is 0. The van der Waals surface area contributed by atoms with E-state index in [0.29, 0.717) is 6.42 Å². The van der Waals surface area contributed by atoms with E-state index in [4.69, 9.17) is 0 Å². The van der Waals surface area contributed by atoms with Gasteiger partial charge in [0.25, 0.3) is 0 Å². The molecule has 2 aliphatic heterocycles. The van der Waals surface area contributed by atoms with E-state index in [9.17, 15) is 4.79 Å². The number of piperidine rings is 1. The molecule has 0 aliphatic carbocycles. The molecule has 29 heavy (non-hydrogen) atoms. The molecule has 1 saturated heterocycles. The highest BCUT2D eigenvalue weighted by Gasteiger charge is 2.28. The number of benzene rings is 1. The SMILES string of the molecule is CN=C(NCCCC(=O)N1CCc2ccccc21)NCC(C)(C)N1CCCCC1. The predicted molar refractivity (Wildman–Crippen MR) is 121 cm³/mol. The van der Waals surface area contributed by atoms with Crippen LogP contribution in [0.2, 0.25) is 0 Å². The summed E-state index contributed by atoms with van der Waals surface area (Å²) in [5.74, 6) is 1.03. The molecule has 1 amide bonds. The molecule has 0 radical (unpaired) electrons. The number of likely N-dealkylation sites (tertiary alicyclic amines) is 1. The number of nitrogens with zero attached hydrogens (tertiary/aromatic N) is 3. The quantitative estimate of drug-likeness (QED) is 0.421. The molecule has 1 fully saturated rings. The molecule has 0 saturated carbocycles. The highest BCUT2D eigenvalue weighted by Crippen LogP contribution is 2.28. The van der Waals surface area contributed by atoms with Crippen molar-refractivity contribution in [2.45, 2.75) is 57.9 Å². The molecule has 0 unspecified atom stereocenters. The van der Waals surface area contributed by atoms with E-state index in [0.717, 1.165) is 44.1 Å². The first kappa shape index (κ1) is 21.6. The summed E-state index contributed by atoms with van der Waals surface area (Å²) in [5.41, 5.74) is 2.47. The van der Waals surface area contributed by atoms with Crippen LogP contribution in [0, 0.1) is 0 Å². The molecule has 0 spiro atoms. The normalized spacial score (nSPS) is 17.9. The lowest BCUT2D eigenvalue weighted by Gasteiger charge is -2.41. The Kier molecular flexibility index (Phi) is 7.53. The van der Waals surface area contributed by atoms with E-state index in [-0.39, 0.29) is 11.4 Å². The number of amides is 1. The summed E-state index contributed by atoms with van der Waals surface area (Å²) in [6.45, 7) is 9.36. The van der Waals surface area contributed by atoms with Gasteiger partial charge in [0, 0.05) is 44.3 Å². The second kappa shape index (κ2) is 10.1. The monoisotopic (exact) mass is 399 g/mol. The van der Waals surface area contributed by atoms with Crippen LogP contribution in [0.3, 0.4) is 0 Å². The lowest BCUT2D eigenvalue weighted by molar-refractivity contribution is -0.118. The van der Waals surface area contributed by atoms with Crippen molar-refractivity contribution >= 4 is 17.6 Å². The first-order valence-corrected chi connectivity index (χ1v) is 11.1. The van der Waals surface area contributed by atoms with Crippen LogP contribution in [-0.4, -0.2) is 62.1 Å². The van der Waals surface area contributed by atoms with Crippen LogP contribution in [-0.2, 0) is 11.2 Å². The van der Waals surface area contributed by atoms with Gasteiger partial charge in [-0.2, -0.15) is 0 Å². The zero-order chi connectivity index (χ0) is 20.7. The number of carbonyl (C=O) groups is 1. The van der Waals surface area contributed by atoms with E-state index in [1.165, 1.54) is 37.9 Å². The Morgan fingerprint density at radius 1 is 1.10 bits per heavy atom. The third-order valence-corrected chi connectivity index (χ3v) is 6.17. The fraction of sp³-hybridized carbons (Fsp3) is 0.652. The molecule has 6 nitrogen and oxygen atoms in total. The molecular weight excluding hydrogens is 362 g/mol. The smallest absolute Gasteiger partial charge is 0.227 e. The minimum absolute atomic E-state index is 0.108. The summed E-state index contributed by atoms with van der Waals surface area (Å²) in [6, 6.07) is 8.22. The number of rotatable bonds is 7. The predicted octanol–water partition coefficient (Wildman–Crippen LogP) is 2.79. The Labute approximate surface area is 175 Å². The summed E-state index contributed by atoms with van der Waals surface area (Å²) in [6.07, 6.45) is 6.26. The number of hydrogen-bond acceptors (Lipinski definition) is 3. The Bertz CT molecular complexity index is 709. The molecule has 0 bridgehead atoms. The number of para-hydroxylation sites is 1. The van der Waals surface area contributed by atoms with Crippen LogP contribution in [0.5, 0.6) is 0 Å². The molecule has 2 N–H and O–H groups in total. The number of fused-ring (bicyclic) bond motifs is 1. The van der Waals surface area contributed by atoms with Crippen LogP contribution in [0.25, 0.3) is 0 Å². The van der Waals surface area contributed by atoms with Gasteiger partial charge in [-0.05, 0) is 64.3 Å². The third kappa shape index (κ3) is 5.72. The molecule has 3 rings (SSSR count). The van der Waals surface area contributed by atoms with Crippen molar-refractivity contribution in [2.75, 3.05) is 44.7 Å². The Morgan fingerprint density at radius 3 is 2.62 bits per heavy atom. The molecule has 2 heterocycles. The molecule has 2 aliphatic rings. The van der Waals surface area contributed by atoms with Crippen molar-refractivity contribution in [2.24, 2.45) is 4.99 Å². The highest BCUT2D eigenvalue weighted by molar-refractivity contribution is 5.95. The van der Waals surface area contributed by atoms with Crippen molar-refractivity contribution in [3.8, 4) is 0 Å². The largest absolute Gasteiger partial charge is 0.356 e. The van der Waals surface area contributed by atoms with Gasteiger partial charge < -0.3 is 15.5 Å². The third-order valence-electron chi connectivity index (χ3n) is 6.17. The summed E-state index contributed by atoms with van der Waals surface area (Å²) in [4.78, 5) is 21.4. The topological polar surface area (TPSA) is 60.0 Å². The van der Waals surface area contributed by atoms with Gasteiger partial charge in [0.1, 0.15) is 0 Å². The molecule has 0 atom stereocenters. The first-order chi connectivity index (χ1) is 14.0. The van der Waals surface area contributed by atoms with Crippen LogP contribution in [0.15, 0.2) is 29.3 Å². The lowest BCUT2D eigenvalue weighted by Crippen LogP contribution is -2.54. The number of anilines is 1. The van der Waals surface area contributed by atoms with Crippen molar-refractivity contribution in [3.63, 3.8) is 0 Å². The fourth-order valence-electron chi connectivity index (χ4n) is 4.31. The van der Waals surface area contributed by atoms with Crippen LogP contribution >= 0.6 is 0 Å². The first-order valence-electron chi connectivity index (χ1n) is 11.1. The van der Waals surface area contributed by atoms with Gasteiger partial charge in [-0.15, -0.1) is 0 Å².